The average molecular weight is 403 g/mol. The highest BCUT2D eigenvalue weighted by Gasteiger charge is 2.22. The van der Waals surface area contributed by atoms with Crippen LogP contribution in [0.15, 0.2) is 60.7 Å². The van der Waals surface area contributed by atoms with E-state index in [1.165, 1.54) is 32.0 Å². The van der Waals surface area contributed by atoms with E-state index < -0.39 is 0 Å². The van der Waals surface area contributed by atoms with E-state index in [4.69, 9.17) is 0 Å². The van der Waals surface area contributed by atoms with E-state index in [2.05, 4.69) is 95.1 Å². The van der Waals surface area contributed by atoms with Crippen LogP contribution in [0.25, 0.3) is 20.9 Å². The second-order valence-corrected chi connectivity index (χ2v) is 9.00. The third-order valence-corrected chi connectivity index (χ3v) is 6.66. The molecule has 0 aliphatic carbocycles. The molecule has 3 heterocycles. The number of nitrogens with one attached hydrogen (secondary N) is 4. The molecule has 2 aliphatic heterocycles. The summed E-state index contributed by atoms with van der Waals surface area (Å²) in [6.07, 6.45) is 0. The van der Waals surface area contributed by atoms with Crippen LogP contribution in [-0.4, -0.2) is 36.8 Å². The molecule has 2 atom stereocenters. The summed E-state index contributed by atoms with van der Waals surface area (Å²) in [5, 5.41) is 6.96. The lowest BCUT2D eigenvalue weighted by Crippen LogP contribution is -2.71. The second kappa shape index (κ2) is 7.48. The van der Waals surface area contributed by atoms with Gasteiger partial charge in [0.05, 0.1) is 11.1 Å². The topological polar surface area (TPSA) is 52.0 Å². The van der Waals surface area contributed by atoms with Gasteiger partial charge in [-0.05, 0) is 61.4 Å². The Morgan fingerprint density at radius 1 is 0.621 bits per heavy atom. The predicted octanol–water partition coefficient (Wildman–Crippen LogP) is 0.720. The van der Waals surface area contributed by atoms with Gasteiger partial charge in [0.1, 0.15) is 25.2 Å². The lowest BCUT2D eigenvalue weighted by molar-refractivity contribution is -0.448. The van der Waals surface area contributed by atoms with Gasteiger partial charge >= 0.3 is 0 Å². The van der Waals surface area contributed by atoms with E-state index in [9.17, 15) is 0 Å². The van der Waals surface area contributed by atoms with Crippen LogP contribution in [0, 0.1) is 0 Å². The van der Waals surface area contributed by atoms with Gasteiger partial charge in [0.2, 0.25) is 0 Å². The van der Waals surface area contributed by atoms with Crippen LogP contribution in [0.3, 0.4) is 0 Å². The molecular weight excluding hydrogens is 376 g/mol. The summed E-state index contributed by atoms with van der Waals surface area (Å²) in [7, 11) is 0. The van der Waals surface area contributed by atoms with Crippen LogP contribution < -0.4 is 20.6 Å². The molecule has 0 saturated heterocycles. The molecule has 2 unspecified atom stereocenters. The summed E-state index contributed by atoms with van der Waals surface area (Å²) in [5.74, 6) is 2.27. The highest BCUT2D eigenvalue weighted by atomic mass is 32.1. The molecule has 5 rings (SSSR count). The first kappa shape index (κ1) is 18.1. The molecule has 4 nitrogen and oxygen atoms in total. The Labute approximate surface area is 175 Å². The van der Waals surface area contributed by atoms with Crippen molar-refractivity contribution < 1.29 is 9.98 Å². The van der Waals surface area contributed by atoms with Gasteiger partial charge in [0.15, 0.2) is 0 Å². The highest BCUT2D eigenvalue weighted by molar-refractivity contribution is 7.18. The highest BCUT2D eigenvalue weighted by Crippen LogP contribution is 2.34. The van der Waals surface area contributed by atoms with E-state index in [-0.39, 0.29) is 0 Å². The normalized spacial score (nSPS) is 20.8. The SMILES string of the molecule is CC1C[NH+]=C(c2ccc(-c3ccc(-c4ccc(C5=[NH+]CC(C)N5)cc4)s3)cc2)N1. The first-order chi connectivity index (χ1) is 14.2. The maximum absolute atomic E-state index is 3.48. The molecule has 0 saturated carbocycles. The van der Waals surface area contributed by atoms with Crippen molar-refractivity contribution in [2.45, 2.75) is 25.9 Å². The largest absolute Gasteiger partial charge is 0.275 e. The Kier molecular flexibility index (Phi) is 4.68. The van der Waals surface area contributed by atoms with Gasteiger partial charge in [-0.3, -0.25) is 20.6 Å². The van der Waals surface area contributed by atoms with Crippen molar-refractivity contribution in [3.63, 3.8) is 0 Å². The molecule has 4 N–H and O–H groups in total. The van der Waals surface area contributed by atoms with Crippen molar-refractivity contribution >= 4 is 23.0 Å². The van der Waals surface area contributed by atoms with E-state index >= 15 is 0 Å². The molecule has 1 aromatic heterocycles. The fourth-order valence-electron chi connectivity index (χ4n) is 3.83. The number of hydrogen-bond donors (Lipinski definition) is 4. The molecule has 0 fully saturated rings. The first-order valence-corrected chi connectivity index (χ1v) is 11.0. The Hall–Kier alpha value is -2.92. The predicted molar refractivity (Wildman–Crippen MR) is 120 cm³/mol. The first-order valence-electron chi connectivity index (χ1n) is 10.2. The molecular formula is C24H26N4S+2. The number of rotatable bonds is 4. The summed E-state index contributed by atoms with van der Waals surface area (Å²) in [6.45, 7) is 6.34. The van der Waals surface area contributed by atoms with E-state index in [0.717, 1.165) is 24.8 Å². The monoisotopic (exact) mass is 402 g/mol. The minimum absolute atomic E-state index is 0.484. The molecule has 5 heteroatoms. The molecule has 2 aliphatic rings. The van der Waals surface area contributed by atoms with E-state index in [1.807, 2.05) is 11.3 Å². The summed E-state index contributed by atoms with van der Waals surface area (Å²) in [5.41, 5.74) is 4.95. The zero-order chi connectivity index (χ0) is 19.8. The van der Waals surface area contributed by atoms with Crippen LogP contribution >= 0.6 is 11.3 Å². The summed E-state index contributed by atoms with van der Waals surface area (Å²) < 4.78 is 0. The third kappa shape index (κ3) is 3.70. The van der Waals surface area contributed by atoms with E-state index in [1.54, 1.807) is 0 Å². The van der Waals surface area contributed by atoms with Crippen LogP contribution in [0.4, 0.5) is 0 Å². The smallest absolute Gasteiger partial charge is 0.270 e. The molecule has 146 valence electrons. The Morgan fingerprint density at radius 3 is 1.34 bits per heavy atom. The minimum Gasteiger partial charge on any atom is -0.270 e. The molecule has 3 aromatic rings. The molecule has 0 radical (unpaired) electrons. The second-order valence-electron chi connectivity index (χ2n) is 7.92. The van der Waals surface area contributed by atoms with E-state index in [0.29, 0.717) is 12.1 Å². The summed E-state index contributed by atoms with van der Waals surface area (Å²) >= 11 is 1.84. The summed E-state index contributed by atoms with van der Waals surface area (Å²) in [4.78, 5) is 9.45. The Morgan fingerprint density at radius 2 is 1.00 bits per heavy atom. The van der Waals surface area contributed by atoms with Gasteiger partial charge in [0.25, 0.3) is 11.7 Å². The molecule has 0 bridgehead atoms. The number of amidine groups is 2. The van der Waals surface area contributed by atoms with Crippen molar-refractivity contribution in [1.82, 2.24) is 10.6 Å². The van der Waals surface area contributed by atoms with Gasteiger partial charge < -0.3 is 0 Å². The molecule has 0 amide bonds. The van der Waals surface area contributed by atoms with Gasteiger partial charge in [-0.25, -0.2) is 0 Å². The van der Waals surface area contributed by atoms with Crippen molar-refractivity contribution in [3.8, 4) is 20.9 Å². The number of thiophene rings is 1. The Balaban J connectivity index is 1.33. The van der Waals surface area contributed by atoms with Crippen LogP contribution in [0.1, 0.15) is 25.0 Å². The zero-order valence-corrected chi connectivity index (χ0v) is 17.6. The molecule has 29 heavy (non-hydrogen) atoms. The van der Waals surface area contributed by atoms with Crippen LogP contribution in [-0.2, 0) is 0 Å². The fraction of sp³-hybridized carbons (Fsp3) is 0.250. The summed E-state index contributed by atoms with van der Waals surface area (Å²) in [6, 6.07) is 23.0. The molecule has 0 spiro atoms. The third-order valence-electron chi connectivity index (χ3n) is 5.47. The fourth-order valence-corrected chi connectivity index (χ4v) is 4.85. The molecule has 2 aromatic carbocycles. The number of benzene rings is 2. The van der Waals surface area contributed by atoms with Gasteiger partial charge in [-0.2, -0.15) is 0 Å². The number of hydrogen-bond acceptors (Lipinski definition) is 3. The standard InChI is InChI=1S/C24H24N4S/c1-15-13-25-23(27-15)19-7-3-17(4-8-19)21-11-12-22(29-21)18-5-9-20(10-6-18)24-26-14-16(2)28-24/h3-12,15-16H,13-14H2,1-2H3,(H,25,27)(H,26,28)/p+2. The van der Waals surface area contributed by atoms with Crippen LogP contribution in [0.5, 0.6) is 0 Å². The van der Waals surface area contributed by atoms with Crippen molar-refractivity contribution in [2.24, 2.45) is 0 Å². The average Bonchev–Trinajstić information content (AvgIpc) is 3.49. The lowest BCUT2D eigenvalue weighted by Gasteiger charge is -2.02. The quantitative estimate of drug-likeness (QED) is 0.520. The Bertz CT molecular complexity index is 991. The zero-order valence-electron chi connectivity index (χ0n) is 16.8. The van der Waals surface area contributed by atoms with Crippen molar-refractivity contribution in [1.29, 1.82) is 0 Å². The van der Waals surface area contributed by atoms with Gasteiger partial charge in [-0.15, -0.1) is 11.3 Å². The van der Waals surface area contributed by atoms with Gasteiger partial charge in [-0.1, -0.05) is 24.3 Å². The maximum atomic E-state index is 3.48. The lowest BCUT2D eigenvalue weighted by atomic mass is 10.1. The van der Waals surface area contributed by atoms with Crippen LogP contribution in [0.2, 0.25) is 0 Å². The maximum Gasteiger partial charge on any atom is 0.275 e. The minimum atomic E-state index is 0.484. The van der Waals surface area contributed by atoms with Gasteiger partial charge in [0, 0.05) is 9.75 Å². The van der Waals surface area contributed by atoms with Crippen molar-refractivity contribution in [3.05, 3.63) is 71.8 Å². The van der Waals surface area contributed by atoms with Crippen molar-refractivity contribution in [2.75, 3.05) is 13.1 Å².